The molecule has 1 aliphatic rings. The quantitative estimate of drug-likeness (QED) is 0.581. The zero-order chi connectivity index (χ0) is 21.7. The molecule has 0 aromatic heterocycles. The van der Waals surface area contributed by atoms with Gasteiger partial charge >= 0.3 is 0 Å². The van der Waals surface area contributed by atoms with Gasteiger partial charge in [-0.3, -0.25) is 24.6 Å². The Kier molecular flexibility index (Phi) is 6.46. The third-order valence-corrected chi connectivity index (χ3v) is 4.62. The normalized spacial score (nSPS) is 15.8. The molecule has 3 rings (SSSR count). The molecule has 8 nitrogen and oxygen atoms in total. The van der Waals surface area contributed by atoms with Gasteiger partial charge in [0.15, 0.2) is 6.61 Å². The maximum Gasteiger partial charge on any atom is 0.276 e. The molecule has 0 bridgehead atoms. The second-order valence-electron chi connectivity index (χ2n) is 6.88. The molecule has 4 amide bonds. The number of rotatable bonds is 6. The van der Waals surface area contributed by atoms with Crippen LogP contribution in [-0.4, -0.2) is 41.3 Å². The van der Waals surface area contributed by atoms with E-state index >= 15 is 0 Å². The lowest BCUT2D eigenvalue weighted by atomic mass is 10.2. The van der Waals surface area contributed by atoms with Gasteiger partial charge in [-0.05, 0) is 36.8 Å². The van der Waals surface area contributed by atoms with E-state index in [1.165, 1.54) is 0 Å². The summed E-state index contributed by atoms with van der Waals surface area (Å²) in [5, 5.41) is 0.951. The fourth-order valence-corrected chi connectivity index (χ4v) is 3.17. The second kappa shape index (κ2) is 9.21. The van der Waals surface area contributed by atoms with E-state index in [4.69, 9.17) is 4.74 Å². The molecule has 1 fully saturated rings. The van der Waals surface area contributed by atoms with Crippen LogP contribution < -0.4 is 15.1 Å². The van der Waals surface area contributed by atoms with Crippen molar-refractivity contribution in [1.82, 2.24) is 10.4 Å². The van der Waals surface area contributed by atoms with Crippen molar-refractivity contribution in [3.8, 4) is 5.75 Å². The zero-order valence-electron chi connectivity index (χ0n) is 16.8. The highest BCUT2D eigenvalue weighted by Gasteiger charge is 2.45. The topological polar surface area (TPSA) is 96.0 Å². The summed E-state index contributed by atoms with van der Waals surface area (Å²) in [4.78, 5) is 51.4. The molecular weight excluding hydrogens is 386 g/mol. The van der Waals surface area contributed by atoms with Gasteiger partial charge in [-0.2, -0.15) is 0 Å². The Labute approximate surface area is 174 Å². The number of amides is 4. The average Bonchev–Trinajstić information content (AvgIpc) is 3.04. The van der Waals surface area contributed by atoms with Gasteiger partial charge in [-0.1, -0.05) is 37.3 Å². The number of imide groups is 1. The Bertz CT molecular complexity index is 960. The van der Waals surface area contributed by atoms with Crippen molar-refractivity contribution in [2.24, 2.45) is 0 Å². The second-order valence-corrected chi connectivity index (χ2v) is 6.88. The van der Waals surface area contributed by atoms with Crippen LogP contribution in [0.15, 0.2) is 54.6 Å². The SMILES string of the molecule is CCC(=O)N(NC(=O)COc1ccccc1)C1CC(=O)N(c2cccc(C)c2)C1=O. The fourth-order valence-electron chi connectivity index (χ4n) is 3.17. The summed E-state index contributed by atoms with van der Waals surface area (Å²) in [6.07, 6.45) is -0.152. The minimum Gasteiger partial charge on any atom is -0.484 e. The van der Waals surface area contributed by atoms with Crippen LogP contribution in [0.5, 0.6) is 5.75 Å². The Hall–Kier alpha value is -3.68. The largest absolute Gasteiger partial charge is 0.484 e. The minimum atomic E-state index is -1.11. The molecular formula is C22H23N3O5. The van der Waals surface area contributed by atoms with E-state index in [2.05, 4.69) is 5.43 Å². The first-order chi connectivity index (χ1) is 14.4. The number of carbonyl (C=O) groups is 4. The van der Waals surface area contributed by atoms with Gasteiger partial charge in [-0.25, -0.2) is 9.91 Å². The van der Waals surface area contributed by atoms with E-state index in [-0.39, 0.29) is 19.4 Å². The molecule has 2 aromatic rings. The first-order valence-electron chi connectivity index (χ1n) is 9.63. The molecule has 0 aliphatic carbocycles. The van der Waals surface area contributed by atoms with Crippen molar-refractivity contribution in [1.29, 1.82) is 0 Å². The number of hydrazine groups is 1. The van der Waals surface area contributed by atoms with Crippen LogP contribution in [0, 0.1) is 6.92 Å². The summed E-state index contributed by atoms with van der Waals surface area (Å²) < 4.78 is 5.38. The highest BCUT2D eigenvalue weighted by molar-refractivity contribution is 6.23. The first kappa shape index (κ1) is 21.0. The molecule has 0 radical (unpaired) electrons. The molecule has 2 aromatic carbocycles. The average molecular weight is 409 g/mol. The molecule has 8 heteroatoms. The molecule has 1 saturated heterocycles. The summed E-state index contributed by atoms with van der Waals surface area (Å²) in [6.45, 7) is 3.13. The third kappa shape index (κ3) is 4.65. The lowest BCUT2D eigenvalue weighted by Crippen LogP contribution is -2.55. The first-order valence-corrected chi connectivity index (χ1v) is 9.63. The Morgan fingerprint density at radius 1 is 1.13 bits per heavy atom. The van der Waals surface area contributed by atoms with E-state index in [1.807, 2.05) is 19.1 Å². The summed E-state index contributed by atoms with van der Waals surface area (Å²) in [5.41, 5.74) is 3.77. The lowest BCUT2D eigenvalue weighted by molar-refractivity contribution is -0.148. The molecule has 1 atom stereocenters. The lowest BCUT2D eigenvalue weighted by Gasteiger charge is -2.27. The van der Waals surface area contributed by atoms with Crippen molar-refractivity contribution in [2.45, 2.75) is 32.7 Å². The molecule has 1 aliphatic heterocycles. The van der Waals surface area contributed by atoms with Crippen molar-refractivity contribution < 1.29 is 23.9 Å². The molecule has 0 spiro atoms. The zero-order valence-corrected chi connectivity index (χ0v) is 16.8. The standard InChI is InChI=1S/C22H23N3O5/c1-3-20(27)25(23-19(26)14-30-17-10-5-4-6-11-17)18-13-21(28)24(22(18)29)16-9-7-8-15(2)12-16/h4-12,18H,3,13-14H2,1-2H3,(H,23,26). The Balaban J connectivity index is 1.73. The van der Waals surface area contributed by atoms with Crippen molar-refractivity contribution in [3.05, 3.63) is 60.2 Å². The number of para-hydroxylation sites is 1. The maximum atomic E-state index is 13.0. The van der Waals surface area contributed by atoms with Crippen LogP contribution in [-0.2, 0) is 19.2 Å². The van der Waals surface area contributed by atoms with E-state index < -0.39 is 29.7 Å². The predicted molar refractivity (Wildman–Crippen MR) is 109 cm³/mol. The van der Waals surface area contributed by atoms with Crippen LogP contribution in [0.25, 0.3) is 0 Å². The summed E-state index contributed by atoms with van der Waals surface area (Å²) in [6, 6.07) is 14.6. The van der Waals surface area contributed by atoms with Crippen LogP contribution in [0.3, 0.4) is 0 Å². The molecule has 1 unspecified atom stereocenters. The van der Waals surface area contributed by atoms with Gasteiger partial charge in [0.05, 0.1) is 12.1 Å². The van der Waals surface area contributed by atoms with Gasteiger partial charge < -0.3 is 4.74 Å². The predicted octanol–water partition coefficient (Wildman–Crippen LogP) is 1.98. The minimum absolute atomic E-state index is 0.0578. The summed E-state index contributed by atoms with van der Waals surface area (Å²) >= 11 is 0. The molecule has 30 heavy (non-hydrogen) atoms. The van der Waals surface area contributed by atoms with E-state index in [1.54, 1.807) is 49.4 Å². The highest BCUT2D eigenvalue weighted by atomic mass is 16.5. The number of nitrogens with one attached hydrogen (secondary N) is 1. The van der Waals surface area contributed by atoms with Gasteiger partial charge in [0.1, 0.15) is 11.8 Å². The number of aryl methyl sites for hydroxylation is 1. The van der Waals surface area contributed by atoms with E-state index in [0.717, 1.165) is 15.5 Å². The van der Waals surface area contributed by atoms with Crippen molar-refractivity contribution in [2.75, 3.05) is 11.5 Å². The number of anilines is 1. The number of hydrogen-bond acceptors (Lipinski definition) is 5. The smallest absolute Gasteiger partial charge is 0.276 e. The van der Waals surface area contributed by atoms with E-state index in [0.29, 0.717) is 11.4 Å². The number of benzene rings is 2. The highest BCUT2D eigenvalue weighted by Crippen LogP contribution is 2.26. The summed E-state index contributed by atoms with van der Waals surface area (Å²) in [5.74, 6) is -1.56. The maximum absolute atomic E-state index is 13.0. The number of nitrogens with zero attached hydrogens (tertiary/aromatic N) is 2. The summed E-state index contributed by atoms with van der Waals surface area (Å²) in [7, 11) is 0. The van der Waals surface area contributed by atoms with Crippen LogP contribution in [0.4, 0.5) is 5.69 Å². The van der Waals surface area contributed by atoms with Crippen LogP contribution >= 0.6 is 0 Å². The Morgan fingerprint density at radius 2 is 1.87 bits per heavy atom. The molecule has 156 valence electrons. The monoisotopic (exact) mass is 409 g/mol. The Morgan fingerprint density at radius 3 is 2.53 bits per heavy atom. The fraction of sp³-hybridized carbons (Fsp3) is 0.273. The van der Waals surface area contributed by atoms with Crippen molar-refractivity contribution in [3.63, 3.8) is 0 Å². The van der Waals surface area contributed by atoms with Crippen molar-refractivity contribution >= 4 is 29.3 Å². The molecule has 1 heterocycles. The van der Waals surface area contributed by atoms with Gasteiger partial charge in [0.2, 0.25) is 11.8 Å². The number of ether oxygens (including phenoxy) is 1. The van der Waals surface area contributed by atoms with Gasteiger partial charge in [0.25, 0.3) is 11.8 Å². The number of hydrogen-bond donors (Lipinski definition) is 1. The van der Waals surface area contributed by atoms with Crippen LogP contribution in [0.2, 0.25) is 0 Å². The molecule has 1 N–H and O–H groups in total. The third-order valence-electron chi connectivity index (χ3n) is 4.62. The van der Waals surface area contributed by atoms with Gasteiger partial charge in [-0.15, -0.1) is 0 Å². The van der Waals surface area contributed by atoms with Gasteiger partial charge in [0, 0.05) is 6.42 Å². The van der Waals surface area contributed by atoms with E-state index in [9.17, 15) is 19.2 Å². The molecule has 0 saturated carbocycles. The number of carbonyl (C=O) groups excluding carboxylic acids is 4. The van der Waals surface area contributed by atoms with Crippen LogP contribution in [0.1, 0.15) is 25.3 Å².